The second kappa shape index (κ2) is 7.89. The van der Waals surface area contributed by atoms with Crippen molar-refractivity contribution in [3.63, 3.8) is 0 Å². The Bertz CT molecular complexity index is 598. The molecule has 2 amide bonds. The Morgan fingerprint density at radius 1 is 0.960 bits per heavy atom. The molecule has 0 unspecified atom stereocenters. The molecule has 0 bridgehead atoms. The van der Waals surface area contributed by atoms with E-state index in [1.807, 2.05) is 48.2 Å². The number of likely N-dealkylation sites (tertiary alicyclic amines) is 1. The van der Waals surface area contributed by atoms with E-state index in [2.05, 4.69) is 5.32 Å². The van der Waals surface area contributed by atoms with E-state index in [9.17, 15) is 9.59 Å². The predicted molar refractivity (Wildman–Crippen MR) is 101 cm³/mol. The van der Waals surface area contributed by atoms with Crippen molar-refractivity contribution in [2.75, 3.05) is 37.4 Å². The van der Waals surface area contributed by atoms with Gasteiger partial charge in [0.05, 0.1) is 0 Å². The zero-order valence-corrected chi connectivity index (χ0v) is 15.3. The number of carbonyl (C=O) groups is 2. The van der Waals surface area contributed by atoms with Gasteiger partial charge in [0.2, 0.25) is 11.8 Å². The SMILES string of the molecule is CN(C)c1ccc(NC(=O)C2CCC(C(=O)N3CCCC3)CC2)cc1. The summed E-state index contributed by atoms with van der Waals surface area (Å²) in [5, 5.41) is 3.02. The van der Waals surface area contributed by atoms with Crippen molar-refractivity contribution in [1.29, 1.82) is 0 Å². The van der Waals surface area contributed by atoms with E-state index in [4.69, 9.17) is 0 Å². The number of anilines is 2. The molecule has 0 aromatic heterocycles. The fourth-order valence-electron chi connectivity index (χ4n) is 3.89. The fourth-order valence-corrected chi connectivity index (χ4v) is 3.89. The Kier molecular flexibility index (Phi) is 5.61. The summed E-state index contributed by atoms with van der Waals surface area (Å²) in [6.07, 6.45) is 5.57. The number of nitrogens with one attached hydrogen (secondary N) is 1. The highest BCUT2D eigenvalue weighted by Crippen LogP contribution is 2.31. The third kappa shape index (κ3) is 4.33. The molecule has 1 saturated heterocycles. The molecule has 25 heavy (non-hydrogen) atoms. The molecule has 5 nitrogen and oxygen atoms in total. The summed E-state index contributed by atoms with van der Waals surface area (Å²) in [4.78, 5) is 29.0. The van der Waals surface area contributed by atoms with Crippen LogP contribution in [0.5, 0.6) is 0 Å². The van der Waals surface area contributed by atoms with Gasteiger partial charge < -0.3 is 15.1 Å². The van der Waals surface area contributed by atoms with Crippen LogP contribution in [0.1, 0.15) is 38.5 Å². The number of amides is 2. The van der Waals surface area contributed by atoms with E-state index in [-0.39, 0.29) is 17.7 Å². The van der Waals surface area contributed by atoms with Gasteiger partial charge in [0.25, 0.3) is 0 Å². The van der Waals surface area contributed by atoms with Crippen LogP contribution in [0.2, 0.25) is 0 Å². The number of hydrogen-bond donors (Lipinski definition) is 1. The van der Waals surface area contributed by atoms with E-state index in [0.29, 0.717) is 5.91 Å². The predicted octanol–water partition coefficient (Wildman–Crippen LogP) is 3.12. The zero-order valence-electron chi connectivity index (χ0n) is 15.3. The summed E-state index contributed by atoms with van der Waals surface area (Å²) in [7, 11) is 3.99. The smallest absolute Gasteiger partial charge is 0.227 e. The van der Waals surface area contributed by atoms with Gasteiger partial charge in [-0.15, -0.1) is 0 Å². The van der Waals surface area contributed by atoms with Crippen LogP contribution in [0.15, 0.2) is 24.3 Å². The van der Waals surface area contributed by atoms with Crippen molar-refractivity contribution < 1.29 is 9.59 Å². The average Bonchev–Trinajstić information content (AvgIpc) is 3.16. The lowest BCUT2D eigenvalue weighted by Gasteiger charge is -2.29. The summed E-state index contributed by atoms with van der Waals surface area (Å²) >= 11 is 0. The third-order valence-electron chi connectivity index (χ3n) is 5.52. The lowest BCUT2D eigenvalue weighted by atomic mass is 9.81. The van der Waals surface area contributed by atoms with Crippen LogP contribution in [0.25, 0.3) is 0 Å². The van der Waals surface area contributed by atoms with E-state index < -0.39 is 0 Å². The Morgan fingerprint density at radius 2 is 1.52 bits per heavy atom. The average molecular weight is 343 g/mol. The van der Waals surface area contributed by atoms with Gasteiger partial charge in [-0.05, 0) is 62.8 Å². The highest BCUT2D eigenvalue weighted by Gasteiger charge is 2.32. The van der Waals surface area contributed by atoms with E-state index in [1.54, 1.807) is 0 Å². The summed E-state index contributed by atoms with van der Waals surface area (Å²) in [5.41, 5.74) is 1.95. The molecule has 1 heterocycles. The van der Waals surface area contributed by atoms with Crippen LogP contribution in [-0.2, 0) is 9.59 Å². The van der Waals surface area contributed by atoms with E-state index in [0.717, 1.165) is 63.0 Å². The van der Waals surface area contributed by atoms with Crippen molar-refractivity contribution >= 4 is 23.2 Å². The number of rotatable bonds is 4. The molecule has 2 aliphatic rings. The lowest BCUT2D eigenvalue weighted by molar-refractivity contribution is -0.136. The first kappa shape index (κ1) is 17.8. The Balaban J connectivity index is 1.48. The van der Waals surface area contributed by atoms with Crippen LogP contribution in [-0.4, -0.2) is 43.9 Å². The third-order valence-corrected chi connectivity index (χ3v) is 5.52. The number of benzene rings is 1. The van der Waals surface area contributed by atoms with Crippen LogP contribution < -0.4 is 10.2 Å². The molecule has 1 aliphatic heterocycles. The minimum Gasteiger partial charge on any atom is -0.378 e. The molecule has 0 radical (unpaired) electrons. The molecule has 3 rings (SSSR count). The van der Waals surface area contributed by atoms with E-state index >= 15 is 0 Å². The van der Waals surface area contributed by atoms with Gasteiger partial charge in [-0.3, -0.25) is 9.59 Å². The minimum absolute atomic E-state index is 0.0242. The Labute approximate surface area is 150 Å². The number of nitrogens with zero attached hydrogens (tertiary/aromatic N) is 2. The molecule has 0 spiro atoms. The first-order valence-electron chi connectivity index (χ1n) is 9.41. The monoisotopic (exact) mass is 343 g/mol. The lowest BCUT2D eigenvalue weighted by Crippen LogP contribution is -2.37. The topological polar surface area (TPSA) is 52.7 Å². The Hall–Kier alpha value is -2.04. The highest BCUT2D eigenvalue weighted by atomic mass is 16.2. The van der Waals surface area contributed by atoms with Gasteiger partial charge in [-0.25, -0.2) is 0 Å². The summed E-state index contributed by atoms with van der Waals surface area (Å²) in [5.74, 6) is 0.554. The molecule has 2 fully saturated rings. The molecule has 5 heteroatoms. The normalized spacial score (nSPS) is 23.4. The standard InChI is InChI=1S/C20H29N3O2/c1-22(2)18-11-9-17(10-12-18)21-19(24)15-5-7-16(8-6-15)20(25)23-13-3-4-14-23/h9-12,15-16H,3-8,13-14H2,1-2H3,(H,21,24). The van der Waals surface area contributed by atoms with Crippen LogP contribution in [0.4, 0.5) is 11.4 Å². The Morgan fingerprint density at radius 3 is 2.08 bits per heavy atom. The van der Waals surface area contributed by atoms with Gasteiger partial charge in [-0.1, -0.05) is 0 Å². The van der Waals surface area contributed by atoms with E-state index in [1.165, 1.54) is 0 Å². The largest absolute Gasteiger partial charge is 0.378 e. The summed E-state index contributed by atoms with van der Waals surface area (Å²) < 4.78 is 0. The van der Waals surface area contributed by atoms with Crippen molar-refractivity contribution in [3.8, 4) is 0 Å². The van der Waals surface area contributed by atoms with Gasteiger partial charge in [0.15, 0.2) is 0 Å². The summed E-state index contributed by atoms with van der Waals surface area (Å²) in [6.45, 7) is 1.84. The van der Waals surface area contributed by atoms with Crippen LogP contribution >= 0.6 is 0 Å². The molecular formula is C20H29N3O2. The minimum atomic E-state index is 0.0242. The van der Waals surface area contributed by atoms with Crippen LogP contribution in [0, 0.1) is 11.8 Å². The molecule has 1 N–H and O–H groups in total. The van der Waals surface area contributed by atoms with Crippen molar-refractivity contribution in [2.45, 2.75) is 38.5 Å². The molecule has 1 aromatic rings. The first-order chi connectivity index (χ1) is 12.0. The van der Waals surface area contributed by atoms with Gasteiger partial charge >= 0.3 is 0 Å². The molecule has 136 valence electrons. The quantitative estimate of drug-likeness (QED) is 0.914. The summed E-state index contributed by atoms with van der Waals surface area (Å²) in [6, 6.07) is 7.88. The molecule has 0 atom stereocenters. The van der Waals surface area contributed by atoms with Crippen LogP contribution in [0.3, 0.4) is 0 Å². The maximum Gasteiger partial charge on any atom is 0.227 e. The van der Waals surface area contributed by atoms with Crippen molar-refractivity contribution in [1.82, 2.24) is 4.90 Å². The molecule has 1 saturated carbocycles. The maximum atomic E-state index is 12.5. The van der Waals surface area contributed by atoms with Gasteiger partial charge in [-0.2, -0.15) is 0 Å². The second-order valence-electron chi connectivity index (χ2n) is 7.51. The van der Waals surface area contributed by atoms with Gasteiger partial charge in [0.1, 0.15) is 0 Å². The highest BCUT2D eigenvalue weighted by molar-refractivity contribution is 5.93. The number of carbonyl (C=O) groups excluding carboxylic acids is 2. The maximum absolute atomic E-state index is 12.5. The van der Waals surface area contributed by atoms with Crippen molar-refractivity contribution in [2.24, 2.45) is 11.8 Å². The van der Waals surface area contributed by atoms with Gasteiger partial charge in [0, 0.05) is 50.4 Å². The fraction of sp³-hybridized carbons (Fsp3) is 0.600. The number of hydrogen-bond acceptors (Lipinski definition) is 3. The second-order valence-corrected chi connectivity index (χ2v) is 7.51. The van der Waals surface area contributed by atoms with Crippen molar-refractivity contribution in [3.05, 3.63) is 24.3 Å². The zero-order chi connectivity index (χ0) is 17.8. The molecular weight excluding hydrogens is 314 g/mol. The molecule has 1 aromatic carbocycles. The first-order valence-corrected chi connectivity index (χ1v) is 9.41. The molecule has 1 aliphatic carbocycles.